The van der Waals surface area contributed by atoms with Crippen LogP contribution in [0.25, 0.3) is 0 Å². The van der Waals surface area contributed by atoms with Crippen molar-refractivity contribution in [1.82, 2.24) is 5.32 Å². The molecule has 0 bridgehead atoms. The Bertz CT molecular complexity index is 619. The number of esters is 1. The summed E-state index contributed by atoms with van der Waals surface area (Å²) in [6.45, 7) is 14.7. The molecule has 1 rings (SSSR count). The average molecular weight is 361 g/mol. The summed E-state index contributed by atoms with van der Waals surface area (Å²) in [5.74, 6) is -0.502. The van der Waals surface area contributed by atoms with E-state index in [0.29, 0.717) is 0 Å². The summed E-state index contributed by atoms with van der Waals surface area (Å²) >= 11 is 0. The Morgan fingerprint density at radius 1 is 1.15 bits per heavy atom. The quantitative estimate of drug-likeness (QED) is 0.582. The fourth-order valence-electron chi connectivity index (χ4n) is 2.52. The first-order valence-electron chi connectivity index (χ1n) is 8.89. The molecule has 1 amide bonds. The second kappa shape index (κ2) is 9.41. The summed E-state index contributed by atoms with van der Waals surface area (Å²) < 4.78 is 10.7. The molecule has 144 valence electrons. The van der Waals surface area contributed by atoms with Crippen LogP contribution >= 0.6 is 0 Å². The smallest absolute Gasteiger partial charge is 0.408 e. The van der Waals surface area contributed by atoms with Crippen molar-refractivity contribution in [2.75, 3.05) is 0 Å². The molecule has 1 aromatic carbocycles. The van der Waals surface area contributed by atoms with Gasteiger partial charge >= 0.3 is 12.1 Å². The van der Waals surface area contributed by atoms with Gasteiger partial charge in [-0.05, 0) is 53.5 Å². The second-order valence-electron chi connectivity index (χ2n) is 7.65. The fraction of sp³-hybridized carbons (Fsp3) is 0.524. The fourth-order valence-corrected chi connectivity index (χ4v) is 2.52. The van der Waals surface area contributed by atoms with Gasteiger partial charge in [-0.25, -0.2) is 9.59 Å². The summed E-state index contributed by atoms with van der Waals surface area (Å²) in [6.07, 6.45) is -0.267. The molecule has 0 aromatic heterocycles. The van der Waals surface area contributed by atoms with Crippen molar-refractivity contribution < 1.29 is 19.1 Å². The van der Waals surface area contributed by atoms with Crippen LogP contribution in [0.3, 0.4) is 0 Å². The molecule has 0 heterocycles. The van der Waals surface area contributed by atoms with Crippen LogP contribution in [0, 0.1) is 5.92 Å². The van der Waals surface area contributed by atoms with Crippen LogP contribution in [0.2, 0.25) is 0 Å². The van der Waals surface area contributed by atoms with Crippen LogP contribution < -0.4 is 5.32 Å². The number of rotatable bonds is 7. The van der Waals surface area contributed by atoms with Gasteiger partial charge in [0.1, 0.15) is 17.7 Å². The molecule has 2 unspecified atom stereocenters. The van der Waals surface area contributed by atoms with E-state index in [0.717, 1.165) is 17.6 Å². The molecule has 26 heavy (non-hydrogen) atoms. The number of carbonyl (C=O) groups excluding carboxylic acids is 2. The van der Waals surface area contributed by atoms with Crippen molar-refractivity contribution in [2.45, 2.75) is 65.7 Å². The first-order chi connectivity index (χ1) is 12.0. The number of amides is 1. The van der Waals surface area contributed by atoms with Crippen LogP contribution in [0.5, 0.6) is 0 Å². The van der Waals surface area contributed by atoms with Crippen LogP contribution in [0.15, 0.2) is 42.5 Å². The summed E-state index contributed by atoms with van der Waals surface area (Å²) in [4.78, 5) is 24.1. The van der Waals surface area contributed by atoms with Crippen molar-refractivity contribution in [2.24, 2.45) is 5.92 Å². The van der Waals surface area contributed by atoms with E-state index in [1.807, 2.05) is 44.2 Å². The maximum Gasteiger partial charge on any atom is 0.408 e. The monoisotopic (exact) mass is 361 g/mol. The van der Waals surface area contributed by atoms with Crippen molar-refractivity contribution in [1.29, 1.82) is 0 Å². The predicted octanol–water partition coefficient (Wildman–Crippen LogP) is 4.27. The van der Waals surface area contributed by atoms with Crippen LogP contribution in [-0.4, -0.2) is 29.8 Å². The number of nitrogens with one attached hydrogen (secondary N) is 1. The first kappa shape index (κ1) is 21.7. The van der Waals surface area contributed by atoms with Crippen molar-refractivity contribution in [3.63, 3.8) is 0 Å². The highest BCUT2D eigenvalue weighted by Gasteiger charge is 2.26. The van der Waals surface area contributed by atoms with E-state index < -0.39 is 23.7 Å². The minimum atomic E-state index is -0.796. The summed E-state index contributed by atoms with van der Waals surface area (Å²) in [5.41, 5.74) is 1.48. The van der Waals surface area contributed by atoms with Crippen LogP contribution in [0.4, 0.5) is 4.79 Å². The number of alkyl carbamates (subject to hydrolysis) is 1. The maximum atomic E-state index is 12.3. The van der Waals surface area contributed by atoms with Crippen LogP contribution in [0.1, 0.15) is 47.1 Å². The number of benzene rings is 1. The Morgan fingerprint density at radius 2 is 1.73 bits per heavy atom. The largest absolute Gasteiger partial charge is 0.461 e. The van der Waals surface area contributed by atoms with Gasteiger partial charge in [0.2, 0.25) is 0 Å². The van der Waals surface area contributed by atoms with E-state index in [1.54, 1.807) is 27.7 Å². The Hall–Kier alpha value is -2.30. The molecule has 5 heteroatoms. The van der Waals surface area contributed by atoms with Gasteiger partial charge in [-0.1, -0.05) is 42.5 Å². The average Bonchev–Trinajstić information content (AvgIpc) is 2.51. The maximum absolute atomic E-state index is 12.3. The Balaban J connectivity index is 2.64. The van der Waals surface area contributed by atoms with E-state index in [-0.39, 0.29) is 12.0 Å². The zero-order chi connectivity index (χ0) is 19.9. The third-order valence-electron chi connectivity index (χ3n) is 3.89. The Morgan fingerprint density at radius 3 is 2.23 bits per heavy atom. The minimum Gasteiger partial charge on any atom is -0.461 e. The molecule has 0 aliphatic heterocycles. The van der Waals surface area contributed by atoms with Crippen molar-refractivity contribution in [3.8, 4) is 0 Å². The van der Waals surface area contributed by atoms with Gasteiger partial charge in [0.15, 0.2) is 0 Å². The van der Waals surface area contributed by atoms with Gasteiger partial charge in [-0.3, -0.25) is 0 Å². The number of ether oxygens (including phenoxy) is 2. The highest BCUT2D eigenvalue weighted by molar-refractivity contribution is 5.81. The normalized spacial score (nSPS) is 14.7. The van der Waals surface area contributed by atoms with Crippen molar-refractivity contribution >= 4 is 12.1 Å². The molecule has 0 fully saturated rings. The third-order valence-corrected chi connectivity index (χ3v) is 3.89. The number of hydrogen-bond donors (Lipinski definition) is 1. The molecule has 0 saturated carbocycles. The zero-order valence-corrected chi connectivity index (χ0v) is 16.7. The van der Waals surface area contributed by atoms with E-state index in [2.05, 4.69) is 11.9 Å². The van der Waals surface area contributed by atoms with Gasteiger partial charge in [0.25, 0.3) is 0 Å². The van der Waals surface area contributed by atoms with Gasteiger partial charge in [-0.2, -0.15) is 0 Å². The summed E-state index contributed by atoms with van der Waals surface area (Å²) in [6, 6.07) is 9.21. The third kappa shape index (κ3) is 7.72. The van der Waals surface area contributed by atoms with E-state index in [4.69, 9.17) is 9.47 Å². The standard InChI is InChI=1S/C21H31NO4/c1-14(2)18(13-17-11-9-8-10-12-17)16(4)25-19(23)15(3)22-20(24)26-21(5,6)7/h8-12,15-16,18H,1,13H2,2-7H3,(H,22,24)/t15-,16?,18?/m0/s1. The lowest BCUT2D eigenvalue weighted by Crippen LogP contribution is -2.43. The lowest BCUT2D eigenvalue weighted by molar-refractivity contribution is -0.152. The number of hydrogen-bond acceptors (Lipinski definition) is 4. The second-order valence-corrected chi connectivity index (χ2v) is 7.65. The zero-order valence-electron chi connectivity index (χ0n) is 16.7. The van der Waals surface area contributed by atoms with Crippen LogP contribution in [-0.2, 0) is 20.7 Å². The molecule has 0 aliphatic carbocycles. The molecular formula is C21H31NO4. The molecule has 1 aromatic rings. The van der Waals surface area contributed by atoms with E-state index in [1.165, 1.54) is 0 Å². The molecule has 0 radical (unpaired) electrons. The predicted molar refractivity (Wildman–Crippen MR) is 103 cm³/mol. The SMILES string of the molecule is C=C(C)C(Cc1ccccc1)C(C)OC(=O)[C@H](C)NC(=O)OC(C)(C)C. The highest BCUT2D eigenvalue weighted by atomic mass is 16.6. The van der Waals surface area contributed by atoms with E-state index >= 15 is 0 Å². The summed E-state index contributed by atoms with van der Waals surface area (Å²) in [5, 5.41) is 2.50. The molecule has 0 spiro atoms. The molecule has 5 nitrogen and oxygen atoms in total. The minimum absolute atomic E-state index is 0.00456. The molecule has 0 aliphatic rings. The Kier molecular flexibility index (Phi) is 7.87. The van der Waals surface area contributed by atoms with Gasteiger partial charge in [0, 0.05) is 5.92 Å². The first-order valence-corrected chi connectivity index (χ1v) is 8.89. The number of carbonyl (C=O) groups is 2. The lowest BCUT2D eigenvalue weighted by atomic mass is 9.89. The van der Waals surface area contributed by atoms with Gasteiger partial charge in [-0.15, -0.1) is 0 Å². The highest BCUT2D eigenvalue weighted by Crippen LogP contribution is 2.22. The van der Waals surface area contributed by atoms with Gasteiger partial charge in [0.05, 0.1) is 0 Å². The molecule has 1 N–H and O–H groups in total. The topological polar surface area (TPSA) is 64.6 Å². The van der Waals surface area contributed by atoms with Gasteiger partial charge < -0.3 is 14.8 Å². The van der Waals surface area contributed by atoms with Crippen molar-refractivity contribution in [3.05, 3.63) is 48.0 Å². The molecular weight excluding hydrogens is 330 g/mol. The lowest BCUT2D eigenvalue weighted by Gasteiger charge is -2.26. The molecule has 0 saturated heterocycles. The Labute approximate surface area is 156 Å². The summed E-state index contributed by atoms with van der Waals surface area (Å²) in [7, 11) is 0. The van der Waals surface area contributed by atoms with E-state index in [9.17, 15) is 9.59 Å². The molecule has 3 atom stereocenters.